The van der Waals surface area contributed by atoms with Gasteiger partial charge in [0.25, 0.3) is 0 Å². The summed E-state index contributed by atoms with van der Waals surface area (Å²) in [4.78, 5) is 5.67. The number of hydrogen-bond acceptors (Lipinski definition) is 7. The van der Waals surface area contributed by atoms with Crippen molar-refractivity contribution in [2.45, 2.75) is 6.92 Å². The Morgan fingerprint density at radius 2 is 2.24 bits per heavy atom. The van der Waals surface area contributed by atoms with Crippen molar-refractivity contribution in [2.24, 2.45) is 5.10 Å². The molecule has 0 spiro atoms. The highest BCUT2D eigenvalue weighted by Gasteiger charge is 2.10. The summed E-state index contributed by atoms with van der Waals surface area (Å²) in [6.07, 6.45) is 1.72. The minimum atomic E-state index is 0.570. The third-order valence-electron chi connectivity index (χ3n) is 3.19. The molecule has 0 saturated heterocycles. The zero-order chi connectivity index (χ0) is 17.6. The van der Waals surface area contributed by atoms with Crippen LogP contribution >= 0.6 is 38.6 Å². The van der Waals surface area contributed by atoms with Crippen LogP contribution in [0.5, 0.6) is 11.5 Å². The molecule has 1 aromatic carbocycles. The number of benzene rings is 1. The molecule has 0 bridgehead atoms. The molecule has 130 valence electrons. The molecule has 25 heavy (non-hydrogen) atoms. The van der Waals surface area contributed by atoms with Gasteiger partial charge in [0.15, 0.2) is 11.5 Å². The van der Waals surface area contributed by atoms with Gasteiger partial charge in [-0.05, 0) is 52.0 Å². The van der Waals surface area contributed by atoms with Crippen LogP contribution in [0.1, 0.15) is 12.5 Å². The van der Waals surface area contributed by atoms with Gasteiger partial charge in [0, 0.05) is 5.38 Å². The van der Waals surface area contributed by atoms with E-state index in [2.05, 4.69) is 37.5 Å². The van der Waals surface area contributed by atoms with Crippen LogP contribution in [-0.4, -0.2) is 24.9 Å². The molecule has 2 aromatic heterocycles. The van der Waals surface area contributed by atoms with Crippen molar-refractivity contribution >= 4 is 49.9 Å². The molecule has 0 aliphatic carbocycles. The molecular weight excluding hydrogens is 422 g/mol. The third kappa shape index (κ3) is 4.39. The molecule has 0 unspecified atom stereocenters. The monoisotopic (exact) mass is 437 g/mol. The molecule has 8 heteroatoms. The third-order valence-corrected chi connectivity index (χ3v) is 5.42. The van der Waals surface area contributed by atoms with E-state index in [9.17, 15) is 0 Å². The van der Waals surface area contributed by atoms with E-state index < -0.39 is 0 Å². The number of methoxy groups -OCH3 is 1. The normalized spacial score (nSPS) is 11.0. The second kappa shape index (κ2) is 8.46. The number of halogens is 1. The molecule has 0 radical (unpaired) electrons. The first kappa shape index (κ1) is 17.9. The van der Waals surface area contributed by atoms with Gasteiger partial charge in [0.05, 0.1) is 35.0 Å². The van der Waals surface area contributed by atoms with E-state index in [4.69, 9.17) is 9.47 Å². The molecule has 3 rings (SSSR count). The minimum Gasteiger partial charge on any atom is -0.493 e. The van der Waals surface area contributed by atoms with Gasteiger partial charge in [0.2, 0.25) is 5.13 Å². The molecule has 3 aromatic rings. The van der Waals surface area contributed by atoms with E-state index in [-0.39, 0.29) is 0 Å². The molecule has 1 N–H and O–H groups in total. The standard InChI is InChI=1S/C17H16BrN3O2S2/c1-3-23-16-12(18)7-11(8-14(16)22-2)9-19-21-17-20-13(10-25-17)15-5-4-6-24-15/h4-10H,3H2,1-2H3,(H,20,21)/b19-9-. The number of aromatic nitrogens is 1. The molecule has 0 aliphatic heterocycles. The number of rotatable bonds is 7. The lowest BCUT2D eigenvalue weighted by Crippen LogP contribution is -1.98. The average Bonchev–Trinajstić information content (AvgIpc) is 3.28. The van der Waals surface area contributed by atoms with Gasteiger partial charge in [-0.3, -0.25) is 5.43 Å². The summed E-state index contributed by atoms with van der Waals surface area (Å²) in [5.41, 5.74) is 4.81. The van der Waals surface area contributed by atoms with Crippen LogP contribution in [0.3, 0.4) is 0 Å². The molecule has 0 aliphatic rings. The number of anilines is 1. The maximum absolute atomic E-state index is 5.59. The van der Waals surface area contributed by atoms with Gasteiger partial charge >= 0.3 is 0 Å². The molecule has 0 fully saturated rings. The van der Waals surface area contributed by atoms with Crippen LogP contribution in [0.15, 0.2) is 44.6 Å². The Kier molecular flexibility index (Phi) is 6.06. The second-order valence-corrected chi connectivity index (χ2v) is 7.51. The Morgan fingerprint density at radius 3 is 2.96 bits per heavy atom. The fourth-order valence-electron chi connectivity index (χ4n) is 2.12. The molecule has 0 saturated carbocycles. The Hall–Kier alpha value is -1.90. The largest absolute Gasteiger partial charge is 0.493 e. The molecule has 5 nitrogen and oxygen atoms in total. The number of nitrogens with zero attached hydrogens (tertiary/aromatic N) is 2. The minimum absolute atomic E-state index is 0.570. The summed E-state index contributed by atoms with van der Waals surface area (Å²) >= 11 is 6.69. The Morgan fingerprint density at radius 1 is 1.36 bits per heavy atom. The van der Waals surface area contributed by atoms with Crippen molar-refractivity contribution in [2.75, 3.05) is 19.1 Å². The van der Waals surface area contributed by atoms with Crippen molar-refractivity contribution in [1.29, 1.82) is 0 Å². The fraction of sp³-hybridized carbons (Fsp3) is 0.176. The lowest BCUT2D eigenvalue weighted by molar-refractivity contribution is 0.309. The van der Waals surface area contributed by atoms with Gasteiger partial charge in [-0.15, -0.1) is 22.7 Å². The topological polar surface area (TPSA) is 55.7 Å². The second-order valence-electron chi connectivity index (χ2n) is 4.85. The van der Waals surface area contributed by atoms with Gasteiger partial charge in [-0.1, -0.05) is 6.07 Å². The van der Waals surface area contributed by atoms with Crippen molar-refractivity contribution in [3.8, 4) is 22.1 Å². The Bertz CT molecular complexity index is 863. The quantitative estimate of drug-likeness (QED) is 0.392. The van der Waals surface area contributed by atoms with E-state index in [1.54, 1.807) is 24.7 Å². The van der Waals surface area contributed by atoms with E-state index in [1.165, 1.54) is 11.3 Å². The number of hydrogen-bond donors (Lipinski definition) is 1. The van der Waals surface area contributed by atoms with Gasteiger partial charge in [-0.2, -0.15) is 5.10 Å². The molecule has 0 amide bonds. The summed E-state index contributed by atoms with van der Waals surface area (Å²) in [6, 6.07) is 7.87. The highest BCUT2D eigenvalue weighted by atomic mass is 79.9. The number of nitrogens with one attached hydrogen (secondary N) is 1. The van der Waals surface area contributed by atoms with Gasteiger partial charge < -0.3 is 9.47 Å². The highest BCUT2D eigenvalue weighted by molar-refractivity contribution is 9.10. The number of thiazole rings is 1. The number of ether oxygens (including phenoxy) is 2. The maximum Gasteiger partial charge on any atom is 0.203 e. The summed E-state index contributed by atoms with van der Waals surface area (Å²) < 4.78 is 11.8. The molecule has 2 heterocycles. The average molecular weight is 438 g/mol. The van der Waals surface area contributed by atoms with Crippen LogP contribution in [-0.2, 0) is 0 Å². The van der Waals surface area contributed by atoms with Gasteiger partial charge in [-0.25, -0.2) is 4.98 Å². The lowest BCUT2D eigenvalue weighted by Gasteiger charge is -2.11. The zero-order valence-corrected chi connectivity index (χ0v) is 16.9. The summed E-state index contributed by atoms with van der Waals surface area (Å²) in [5.74, 6) is 1.35. The van der Waals surface area contributed by atoms with Crippen LogP contribution < -0.4 is 14.9 Å². The van der Waals surface area contributed by atoms with Crippen molar-refractivity contribution in [3.05, 3.63) is 45.1 Å². The number of thiophene rings is 1. The Labute approximate surface area is 162 Å². The van der Waals surface area contributed by atoms with E-state index >= 15 is 0 Å². The SMILES string of the molecule is CCOc1c(Br)cc(/C=N\Nc2nc(-c3cccs3)cs2)cc1OC. The zero-order valence-electron chi connectivity index (χ0n) is 13.7. The van der Waals surface area contributed by atoms with Crippen molar-refractivity contribution < 1.29 is 9.47 Å². The first-order valence-corrected chi connectivity index (χ1v) is 10.0. The summed E-state index contributed by atoms with van der Waals surface area (Å²) in [5, 5.41) is 9.06. The first-order chi connectivity index (χ1) is 12.2. The van der Waals surface area contributed by atoms with Crippen LogP contribution in [0.4, 0.5) is 5.13 Å². The molecule has 0 atom stereocenters. The van der Waals surface area contributed by atoms with E-state index in [0.717, 1.165) is 25.7 Å². The van der Waals surface area contributed by atoms with Crippen LogP contribution in [0.2, 0.25) is 0 Å². The van der Waals surface area contributed by atoms with Crippen molar-refractivity contribution in [1.82, 2.24) is 4.98 Å². The highest BCUT2D eigenvalue weighted by Crippen LogP contribution is 2.36. The predicted molar refractivity (Wildman–Crippen MR) is 109 cm³/mol. The smallest absolute Gasteiger partial charge is 0.203 e. The Balaban J connectivity index is 1.71. The summed E-state index contributed by atoms with van der Waals surface area (Å²) in [6.45, 7) is 2.50. The van der Waals surface area contributed by atoms with Crippen LogP contribution in [0.25, 0.3) is 10.6 Å². The first-order valence-electron chi connectivity index (χ1n) is 7.50. The van der Waals surface area contributed by atoms with Crippen LogP contribution in [0, 0.1) is 0 Å². The fourth-order valence-corrected chi connectivity index (χ4v) is 4.12. The van der Waals surface area contributed by atoms with Crippen molar-refractivity contribution in [3.63, 3.8) is 0 Å². The summed E-state index contributed by atoms with van der Waals surface area (Å²) in [7, 11) is 1.62. The van der Waals surface area contributed by atoms with E-state index in [0.29, 0.717) is 18.1 Å². The van der Waals surface area contributed by atoms with E-state index in [1.807, 2.05) is 35.9 Å². The lowest BCUT2D eigenvalue weighted by atomic mass is 10.2. The molecular formula is C17H16BrN3O2S2. The maximum atomic E-state index is 5.59. The predicted octanol–water partition coefficient (Wildman–Crippen LogP) is 5.49. The number of hydrazone groups is 1. The van der Waals surface area contributed by atoms with Gasteiger partial charge in [0.1, 0.15) is 0 Å².